The summed E-state index contributed by atoms with van der Waals surface area (Å²) in [6.45, 7) is 20.1. The van der Waals surface area contributed by atoms with E-state index in [1.165, 1.54) is 11.3 Å². The maximum atomic E-state index is 9.24. The van der Waals surface area contributed by atoms with Crippen molar-refractivity contribution >= 4 is 33.4 Å². The Bertz CT molecular complexity index is 1370. The van der Waals surface area contributed by atoms with E-state index in [9.17, 15) is 5.26 Å². The van der Waals surface area contributed by atoms with Crippen LogP contribution in [0.25, 0.3) is 4.85 Å². The summed E-state index contributed by atoms with van der Waals surface area (Å²) < 4.78 is 26.6. The van der Waals surface area contributed by atoms with Gasteiger partial charge in [0.2, 0.25) is 12.0 Å². The fourth-order valence-corrected chi connectivity index (χ4v) is 4.92. The molecule has 0 atom stereocenters. The number of hydrogen-bond acceptors (Lipinski definition) is 9. The number of hydrogen-bond donors (Lipinski definition) is 0. The Morgan fingerprint density at radius 1 is 1.02 bits per heavy atom. The van der Waals surface area contributed by atoms with Gasteiger partial charge in [-0.25, -0.2) is 14.0 Å². The molecule has 0 fully saturated rings. The van der Waals surface area contributed by atoms with Gasteiger partial charge in [-0.15, -0.1) is 11.3 Å². The number of benzene rings is 1. The molecule has 0 aliphatic carbocycles. The Balaban J connectivity index is 1.27. The third kappa shape index (κ3) is 10.3. The highest BCUT2D eigenvalue weighted by Crippen LogP contribution is 2.42. The second-order valence-corrected chi connectivity index (χ2v) is 10.4. The van der Waals surface area contributed by atoms with Crippen LogP contribution in [0.1, 0.15) is 22.9 Å². The Labute approximate surface area is 252 Å². The first-order valence-electron chi connectivity index (χ1n) is 14.0. The van der Waals surface area contributed by atoms with Crippen molar-refractivity contribution in [2.45, 2.75) is 27.3 Å². The van der Waals surface area contributed by atoms with Crippen molar-refractivity contribution in [3.8, 4) is 6.07 Å². The summed E-state index contributed by atoms with van der Waals surface area (Å²) in [7, 11) is 2.00. The van der Waals surface area contributed by atoms with Gasteiger partial charge in [0.05, 0.1) is 77.0 Å². The number of rotatable bonds is 19. The SMILES string of the molecule is [C-]#[N+]c1c(/N=N/c2ccc(N(CC)CCOCCOCCOCCOCCn3cc[n+](C)c3)cc2C)sc(C#N)c1C. The number of imidazole rings is 1. The standard InChI is InChI=1S/C30H40N7O4S/c1-6-37(12-14-39-16-18-41-20-19-40-17-15-38-13-11-36-10-9-35(5)23-36)26-7-8-27(24(2)21-26)33-34-30-29(32-4)25(3)28(22-31)42-30/h7-10,21,23H,6,11-20H2,1-3,5H3/q+1/b34-33+. The number of likely N-dealkylation sites (N-methyl/N-ethyl adjacent to an activating group) is 1. The zero-order chi connectivity index (χ0) is 30.2. The number of ether oxygens (including phenoxy) is 4. The molecule has 0 amide bonds. The first-order valence-corrected chi connectivity index (χ1v) is 14.8. The van der Waals surface area contributed by atoms with Gasteiger partial charge in [0, 0.05) is 18.8 Å². The van der Waals surface area contributed by atoms with Crippen LogP contribution in [0, 0.1) is 31.8 Å². The molecule has 3 aromatic rings. The molecule has 0 saturated carbocycles. The van der Waals surface area contributed by atoms with Crippen LogP contribution in [0.5, 0.6) is 0 Å². The highest BCUT2D eigenvalue weighted by molar-refractivity contribution is 7.17. The van der Waals surface area contributed by atoms with Gasteiger partial charge in [-0.1, -0.05) is 0 Å². The first-order chi connectivity index (χ1) is 20.5. The molecular formula is C30H40N7O4S+. The van der Waals surface area contributed by atoms with E-state index in [1.807, 2.05) is 49.4 Å². The molecule has 0 saturated heterocycles. The van der Waals surface area contributed by atoms with Gasteiger partial charge in [-0.2, -0.15) is 15.5 Å². The topological polar surface area (TPSA) is 102 Å². The fourth-order valence-electron chi connectivity index (χ4n) is 4.05. The van der Waals surface area contributed by atoms with Gasteiger partial charge in [0.25, 0.3) is 0 Å². The molecule has 2 aromatic heterocycles. The molecule has 0 aliphatic heterocycles. The van der Waals surface area contributed by atoms with Crippen molar-refractivity contribution < 1.29 is 23.5 Å². The van der Waals surface area contributed by atoms with E-state index in [0.29, 0.717) is 74.0 Å². The number of azo groups is 1. The van der Waals surface area contributed by atoms with Gasteiger partial charge < -0.3 is 23.8 Å². The Kier molecular flexibility index (Phi) is 14.1. The minimum atomic E-state index is 0.390. The summed E-state index contributed by atoms with van der Waals surface area (Å²) in [6.07, 6.45) is 6.04. The van der Waals surface area contributed by atoms with Gasteiger partial charge in [-0.05, 0) is 50.1 Å². The van der Waals surface area contributed by atoms with E-state index in [0.717, 1.165) is 36.6 Å². The van der Waals surface area contributed by atoms with Crippen LogP contribution in [0.15, 0.2) is 47.1 Å². The van der Waals surface area contributed by atoms with E-state index >= 15 is 0 Å². The molecule has 0 unspecified atom stereocenters. The lowest BCUT2D eigenvalue weighted by molar-refractivity contribution is -0.671. The van der Waals surface area contributed by atoms with Crippen molar-refractivity contribution in [3.63, 3.8) is 0 Å². The molecule has 11 nitrogen and oxygen atoms in total. The smallest absolute Gasteiger partial charge is 0.243 e. The van der Waals surface area contributed by atoms with Crippen molar-refractivity contribution in [2.24, 2.45) is 17.3 Å². The number of nitrogens with zero attached hydrogens (tertiary/aromatic N) is 7. The highest BCUT2D eigenvalue weighted by Gasteiger charge is 2.15. The molecule has 0 radical (unpaired) electrons. The highest BCUT2D eigenvalue weighted by atomic mass is 32.1. The largest absolute Gasteiger partial charge is 0.377 e. The van der Waals surface area contributed by atoms with Crippen molar-refractivity contribution in [3.05, 3.63) is 64.3 Å². The lowest BCUT2D eigenvalue weighted by Gasteiger charge is -2.23. The van der Waals surface area contributed by atoms with Crippen LogP contribution in [0.2, 0.25) is 0 Å². The third-order valence-electron chi connectivity index (χ3n) is 6.43. The molecule has 224 valence electrons. The Morgan fingerprint density at radius 3 is 2.26 bits per heavy atom. The van der Waals surface area contributed by atoms with E-state index in [1.54, 1.807) is 6.92 Å². The summed E-state index contributed by atoms with van der Waals surface area (Å²) in [4.78, 5) is 6.26. The average Bonchev–Trinajstić information content (AvgIpc) is 3.55. The molecule has 0 aliphatic rings. The molecule has 0 spiro atoms. The van der Waals surface area contributed by atoms with Crippen LogP contribution >= 0.6 is 11.3 Å². The van der Waals surface area contributed by atoms with Crippen LogP contribution < -0.4 is 9.47 Å². The zero-order valence-electron chi connectivity index (χ0n) is 24.9. The number of aryl methyl sites for hydroxylation is 2. The third-order valence-corrected chi connectivity index (χ3v) is 7.50. The van der Waals surface area contributed by atoms with Crippen molar-refractivity contribution in [1.29, 1.82) is 5.26 Å². The summed E-state index contributed by atoms with van der Waals surface area (Å²) in [6, 6.07) is 8.13. The van der Waals surface area contributed by atoms with Crippen molar-refractivity contribution in [2.75, 3.05) is 70.8 Å². The lowest BCUT2D eigenvalue weighted by Crippen LogP contribution is -2.27. The maximum absolute atomic E-state index is 9.24. The predicted molar refractivity (Wildman–Crippen MR) is 162 cm³/mol. The monoisotopic (exact) mass is 594 g/mol. The minimum absolute atomic E-state index is 0.390. The van der Waals surface area contributed by atoms with Gasteiger partial charge in [-0.3, -0.25) is 0 Å². The summed E-state index contributed by atoms with van der Waals surface area (Å²) in [5, 5.41) is 18.3. The second kappa shape index (κ2) is 18.0. The van der Waals surface area contributed by atoms with Crippen LogP contribution in [-0.4, -0.2) is 70.5 Å². The normalized spacial score (nSPS) is 11.2. The molecule has 1 aromatic carbocycles. The van der Waals surface area contributed by atoms with E-state index in [2.05, 4.69) is 43.6 Å². The Hall–Kier alpha value is -3.65. The van der Waals surface area contributed by atoms with Crippen LogP contribution in [0.3, 0.4) is 0 Å². The fraction of sp³-hybridized carbons (Fsp3) is 0.500. The molecule has 0 bridgehead atoms. The van der Waals surface area contributed by atoms with Crippen LogP contribution in [-0.2, 0) is 32.5 Å². The first kappa shape index (κ1) is 32.9. The van der Waals surface area contributed by atoms with E-state index in [-0.39, 0.29) is 0 Å². The molecule has 3 rings (SSSR count). The maximum Gasteiger partial charge on any atom is 0.243 e. The van der Waals surface area contributed by atoms with Gasteiger partial charge >= 0.3 is 0 Å². The number of anilines is 1. The minimum Gasteiger partial charge on any atom is -0.377 e. The number of thiophene rings is 1. The van der Waals surface area contributed by atoms with Crippen LogP contribution in [0.4, 0.5) is 22.1 Å². The average molecular weight is 595 g/mol. The molecule has 2 heterocycles. The van der Waals surface area contributed by atoms with E-state index in [4.69, 9.17) is 25.5 Å². The Morgan fingerprint density at radius 2 is 1.69 bits per heavy atom. The zero-order valence-corrected chi connectivity index (χ0v) is 25.7. The number of aromatic nitrogens is 2. The molecular weight excluding hydrogens is 554 g/mol. The lowest BCUT2D eigenvalue weighted by atomic mass is 10.1. The molecule has 0 N–H and O–H groups in total. The second-order valence-electron chi connectivity index (χ2n) is 9.45. The molecule has 12 heteroatoms. The van der Waals surface area contributed by atoms with Gasteiger partial charge in [0.1, 0.15) is 30.0 Å². The summed E-state index contributed by atoms with van der Waals surface area (Å²) >= 11 is 1.19. The van der Waals surface area contributed by atoms with Crippen molar-refractivity contribution in [1.82, 2.24) is 4.57 Å². The van der Waals surface area contributed by atoms with E-state index < -0.39 is 0 Å². The van der Waals surface area contributed by atoms with Gasteiger partial charge in [0.15, 0.2) is 0 Å². The number of nitriles is 1. The molecule has 42 heavy (non-hydrogen) atoms. The summed E-state index contributed by atoms with van der Waals surface area (Å²) in [5.74, 6) is 0. The quantitative estimate of drug-likeness (QED) is 0.0795. The summed E-state index contributed by atoms with van der Waals surface area (Å²) in [5.41, 5.74) is 3.82. The predicted octanol–water partition coefficient (Wildman–Crippen LogP) is 5.42.